The number of carbonyl (C=O) groups is 2. The minimum absolute atomic E-state index is 0.0326. The monoisotopic (exact) mass is 560 g/mol. The maximum absolute atomic E-state index is 13.7. The van der Waals surface area contributed by atoms with Gasteiger partial charge >= 0.3 is 5.97 Å². The Morgan fingerprint density at radius 2 is 1.60 bits per heavy atom. The van der Waals surface area contributed by atoms with E-state index in [0.717, 1.165) is 23.6 Å². The van der Waals surface area contributed by atoms with E-state index in [1.54, 1.807) is 14.0 Å². The van der Waals surface area contributed by atoms with Gasteiger partial charge in [0.25, 0.3) is 0 Å². The lowest BCUT2D eigenvalue weighted by Gasteiger charge is -2.41. The number of hydrogen-bond donors (Lipinski definition) is 0. The van der Waals surface area contributed by atoms with Crippen LogP contribution in [0.3, 0.4) is 0 Å². The molecule has 0 spiro atoms. The third-order valence-corrected chi connectivity index (χ3v) is 13.5. The van der Waals surface area contributed by atoms with Crippen LogP contribution in [-0.4, -0.2) is 39.6 Å². The van der Waals surface area contributed by atoms with Crippen molar-refractivity contribution in [3.8, 4) is 0 Å². The lowest BCUT2D eigenvalue weighted by Crippen LogP contribution is -2.47. The Balaban J connectivity index is 1.59. The molecule has 0 radical (unpaired) electrons. The lowest BCUT2D eigenvalue weighted by atomic mass is 9.85. The highest BCUT2D eigenvalue weighted by Gasteiger charge is 2.72. The molecule has 3 aromatic carbocycles. The molecule has 214 valence electrons. The van der Waals surface area contributed by atoms with Crippen LogP contribution in [0.25, 0.3) is 10.8 Å². The maximum Gasteiger partial charge on any atom is 0.316 e. The van der Waals surface area contributed by atoms with E-state index in [1.165, 1.54) is 5.56 Å². The minimum atomic E-state index is -2.15. The second-order valence-corrected chi connectivity index (χ2v) is 17.3. The molecule has 1 fully saturated rings. The Morgan fingerprint density at radius 1 is 0.950 bits per heavy atom. The van der Waals surface area contributed by atoms with Crippen molar-refractivity contribution in [2.45, 2.75) is 82.7 Å². The number of methoxy groups -OCH3 is 1. The largest absolute Gasteiger partial charge is 0.465 e. The van der Waals surface area contributed by atoms with Crippen molar-refractivity contribution in [2.24, 2.45) is 5.92 Å². The van der Waals surface area contributed by atoms with Gasteiger partial charge in [0.05, 0.1) is 12.0 Å². The van der Waals surface area contributed by atoms with Gasteiger partial charge in [0.2, 0.25) is 0 Å². The van der Waals surface area contributed by atoms with Gasteiger partial charge in [0.15, 0.2) is 19.9 Å². The van der Waals surface area contributed by atoms with Crippen molar-refractivity contribution >= 4 is 30.8 Å². The fourth-order valence-corrected chi connectivity index (χ4v) is 7.10. The van der Waals surface area contributed by atoms with Crippen LogP contribution in [0.1, 0.15) is 69.3 Å². The molecular weight excluding hydrogens is 516 g/mol. The molecule has 0 heterocycles. The van der Waals surface area contributed by atoms with Crippen LogP contribution in [0.4, 0.5) is 0 Å². The van der Waals surface area contributed by atoms with Crippen molar-refractivity contribution in [2.75, 3.05) is 13.7 Å². The second-order valence-electron chi connectivity index (χ2n) is 12.6. The molecule has 0 N–H and O–H groups in total. The molecule has 0 aromatic heterocycles. The molecule has 0 saturated heterocycles. The first-order valence-corrected chi connectivity index (χ1v) is 17.3. The number of Topliss-reactive ketones (excluding diaryl/α,β-unsaturated/α-hetero) is 1. The maximum atomic E-state index is 13.7. The zero-order valence-corrected chi connectivity index (χ0v) is 26.1. The molecule has 6 heteroatoms. The standard InChI is InChI=1S/C34H44O5Si/c1-8-38-31(36)29(30(35)27-21-20-25-15-12-13-16-26(25)23-27)19-14-22-33(28-17-10-9-11-18-28)24-34(33,37-5)39-40(6,7)32(2,3)4/h9-13,15-18,20-21,23,29H,8,14,19,22,24H2,1-7H3. The van der Waals surface area contributed by atoms with E-state index < -0.39 is 26.0 Å². The molecule has 3 aromatic rings. The quantitative estimate of drug-likeness (QED) is 0.0737. The lowest BCUT2D eigenvalue weighted by molar-refractivity contribution is -0.146. The van der Waals surface area contributed by atoms with Gasteiger partial charge in [-0.1, -0.05) is 93.9 Å². The zero-order valence-electron chi connectivity index (χ0n) is 25.1. The zero-order chi connectivity index (χ0) is 29.2. The Labute approximate surface area is 240 Å². The summed E-state index contributed by atoms with van der Waals surface area (Å²) in [4.78, 5) is 26.7. The molecule has 3 unspecified atom stereocenters. The highest BCUT2D eigenvalue weighted by molar-refractivity contribution is 6.74. The summed E-state index contributed by atoms with van der Waals surface area (Å²) in [5.74, 6) is -2.23. The van der Waals surface area contributed by atoms with Crippen LogP contribution >= 0.6 is 0 Å². The number of benzene rings is 3. The number of rotatable bonds is 12. The number of esters is 1. The molecule has 0 aliphatic heterocycles. The van der Waals surface area contributed by atoms with Crippen molar-refractivity contribution in [1.29, 1.82) is 0 Å². The fourth-order valence-electron chi connectivity index (χ4n) is 5.61. The van der Waals surface area contributed by atoms with E-state index in [9.17, 15) is 9.59 Å². The highest BCUT2D eigenvalue weighted by Crippen LogP contribution is 2.65. The fraction of sp³-hybridized carbons (Fsp3) is 0.471. The number of carbonyl (C=O) groups excluding carboxylic acids is 2. The van der Waals surface area contributed by atoms with Gasteiger partial charge in [-0.2, -0.15) is 0 Å². The average Bonchev–Trinajstić information content (AvgIpc) is 3.57. The van der Waals surface area contributed by atoms with Crippen LogP contribution in [0.15, 0.2) is 72.8 Å². The van der Waals surface area contributed by atoms with E-state index in [0.29, 0.717) is 18.4 Å². The van der Waals surface area contributed by atoms with Gasteiger partial charge in [-0.15, -0.1) is 0 Å². The highest BCUT2D eigenvalue weighted by atomic mass is 28.4. The normalized spacial score (nSPS) is 21.7. The molecule has 3 atom stereocenters. The molecule has 1 saturated carbocycles. The summed E-state index contributed by atoms with van der Waals surface area (Å²) in [5.41, 5.74) is 1.36. The van der Waals surface area contributed by atoms with Gasteiger partial charge in [-0.25, -0.2) is 0 Å². The van der Waals surface area contributed by atoms with Gasteiger partial charge in [0, 0.05) is 19.1 Å². The number of ketones is 1. The Hall–Kier alpha value is -2.80. The first-order chi connectivity index (χ1) is 18.9. The summed E-state index contributed by atoms with van der Waals surface area (Å²) < 4.78 is 18.6. The third-order valence-electron chi connectivity index (χ3n) is 9.04. The van der Waals surface area contributed by atoms with E-state index in [-0.39, 0.29) is 22.8 Å². The van der Waals surface area contributed by atoms with Gasteiger partial charge in [-0.3, -0.25) is 9.59 Å². The summed E-state index contributed by atoms with van der Waals surface area (Å²) in [7, 11) is -0.409. The number of ether oxygens (including phenoxy) is 2. The first-order valence-electron chi connectivity index (χ1n) is 14.4. The smallest absolute Gasteiger partial charge is 0.316 e. The molecule has 1 aliphatic rings. The molecule has 40 heavy (non-hydrogen) atoms. The van der Waals surface area contributed by atoms with Gasteiger partial charge in [0.1, 0.15) is 5.92 Å². The Kier molecular flexibility index (Phi) is 8.74. The van der Waals surface area contributed by atoms with Crippen molar-refractivity contribution in [3.05, 3.63) is 83.9 Å². The topological polar surface area (TPSA) is 61.8 Å². The second kappa shape index (κ2) is 11.6. The Morgan fingerprint density at radius 3 is 2.23 bits per heavy atom. The van der Waals surface area contributed by atoms with Crippen LogP contribution < -0.4 is 0 Å². The summed E-state index contributed by atoms with van der Waals surface area (Å²) >= 11 is 0. The van der Waals surface area contributed by atoms with Crippen molar-refractivity contribution < 1.29 is 23.5 Å². The Bertz CT molecular complexity index is 1350. The van der Waals surface area contributed by atoms with E-state index in [1.807, 2.05) is 60.7 Å². The van der Waals surface area contributed by atoms with Crippen molar-refractivity contribution in [3.63, 3.8) is 0 Å². The predicted octanol–water partition coefficient (Wildman–Crippen LogP) is 8.08. The molecule has 1 aliphatic carbocycles. The van der Waals surface area contributed by atoms with Gasteiger partial charge in [-0.05, 0) is 60.3 Å². The average molecular weight is 561 g/mol. The summed E-state index contributed by atoms with van der Waals surface area (Å²) in [6, 6.07) is 23.9. The van der Waals surface area contributed by atoms with Crippen molar-refractivity contribution in [1.82, 2.24) is 0 Å². The molecule has 5 nitrogen and oxygen atoms in total. The predicted molar refractivity (Wildman–Crippen MR) is 163 cm³/mol. The van der Waals surface area contributed by atoms with Crippen LogP contribution in [0, 0.1) is 5.92 Å². The third kappa shape index (κ3) is 5.81. The van der Waals surface area contributed by atoms with Crippen LogP contribution in [0.2, 0.25) is 18.1 Å². The summed E-state index contributed by atoms with van der Waals surface area (Å²) in [6.07, 6.45) is 2.54. The molecule has 0 bridgehead atoms. The van der Waals surface area contributed by atoms with Crippen LogP contribution in [-0.2, 0) is 24.1 Å². The summed E-state index contributed by atoms with van der Waals surface area (Å²) in [5, 5.41) is 2.07. The van der Waals surface area contributed by atoms with Gasteiger partial charge < -0.3 is 13.9 Å². The number of fused-ring (bicyclic) bond motifs is 1. The first kappa shape index (κ1) is 30.2. The van der Waals surface area contributed by atoms with E-state index in [2.05, 4.69) is 46.0 Å². The molecule has 4 rings (SSSR count). The van der Waals surface area contributed by atoms with Crippen LogP contribution in [0.5, 0.6) is 0 Å². The summed E-state index contributed by atoms with van der Waals surface area (Å²) in [6.45, 7) is 13.2. The van der Waals surface area contributed by atoms with E-state index in [4.69, 9.17) is 13.9 Å². The SMILES string of the molecule is CCOC(=O)C(CCCC1(c2ccccc2)CC1(OC)O[Si](C)(C)C(C)(C)C)C(=O)c1ccc2ccccc2c1. The van der Waals surface area contributed by atoms with E-state index >= 15 is 0 Å². The number of hydrogen-bond acceptors (Lipinski definition) is 5. The molecule has 0 amide bonds. The molecular formula is C34H44O5Si. The minimum Gasteiger partial charge on any atom is -0.465 e.